The summed E-state index contributed by atoms with van der Waals surface area (Å²) in [6.07, 6.45) is -1.25. The van der Waals surface area contributed by atoms with Crippen LogP contribution >= 0.6 is 0 Å². The highest BCUT2D eigenvalue weighted by Gasteiger charge is 2.49. The molecule has 164 valence electrons. The van der Waals surface area contributed by atoms with E-state index in [9.17, 15) is 24.6 Å². The van der Waals surface area contributed by atoms with Crippen LogP contribution in [0.3, 0.4) is 0 Å². The number of carbonyl (C=O) groups is 3. The highest BCUT2D eigenvalue weighted by Crippen LogP contribution is 2.28. The number of nitrogens with zero attached hydrogens (tertiary/aromatic N) is 1. The molecule has 2 aliphatic rings. The average Bonchev–Trinajstić information content (AvgIpc) is 2.99. The number of aryl methyl sites for hydroxylation is 2. The number of urea groups is 1. The van der Waals surface area contributed by atoms with E-state index in [0.29, 0.717) is 0 Å². The molecule has 30 heavy (non-hydrogen) atoms. The van der Waals surface area contributed by atoms with E-state index in [4.69, 9.17) is 4.74 Å². The smallest absolute Gasteiger partial charge is 0.326 e. The third kappa shape index (κ3) is 4.13. The van der Waals surface area contributed by atoms with Crippen molar-refractivity contribution in [3.8, 4) is 5.75 Å². The van der Waals surface area contributed by atoms with Crippen LogP contribution in [0.15, 0.2) is 12.1 Å². The summed E-state index contributed by atoms with van der Waals surface area (Å²) in [7, 11) is 0. The number of imide groups is 1. The van der Waals surface area contributed by atoms with Crippen molar-refractivity contribution in [2.45, 2.75) is 70.9 Å². The Morgan fingerprint density at radius 3 is 2.50 bits per heavy atom. The first-order valence-corrected chi connectivity index (χ1v) is 10.1. The highest BCUT2D eigenvalue weighted by molar-refractivity contribution is 6.04. The predicted octanol–water partition coefficient (Wildman–Crippen LogP) is 0.864. The molecule has 4 atom stereocenters. The average molecular weight is 419 g/mol. The van der Waals surface area contributed by atoms with Crippen molar-refractivity contribution in [1.82, 2.24) is 15.5 Å². The molecule has 2 heterocycles. The Labute approximate surface area is 175 Å². The van der Waals surface area contributed by atoms with Crippen molar-refractivity contribution >= 4 is 17.8 Å². The largest absolute Gasteiger partial charge is 0.508 e. The number of nitrogens with one attached hydrogen (secondary N) is 2. The van der Waals surface area contributed by atoms with Crippen LogP contribution in [-0.4, -0.2) is 63.5 Å². The van der Waals surface area contributed by atoms with E-state index >= 15 is 0 Å². The minimum atomic E-state index is -1.30. The number of amides is 4. The summed E-state index contributed by atoms with van der Waals surface area (Å²) < 4.78 is 5.67. The minimum absolute atomic E-state index is 0.0383. The summed E-state index contributed by atoms with van der Waals surface area (Å²) in [5, 5.41) is 24.8. The molecule has 3 rings (SSSR count). The fourth-order valence-corrected chi connectivity index (χ4v) is 4.13. The van der Waals surface area contributed by atoms with E-state index in [1.54, 1.807) is 26.0 Å². The maximum atomic E-state index is 12.9. The van der Waals surface area contributed by atoms with E-state index in [-0.39, 0.29) is 37.5 Å². The van der Waals surface area contributed by atoms with Crippen molar-refractivity contribution in [2.24, 2.45) is 0 Å². The summed E-state index contributed by atoms with van der Waals surface area (Å²) in [4.78, 5) is 39.3. The maximum absolute atomic E-state index is 12.9. The normalized spacial score (nSPS) is 29.1. The lowest BCUT2D eigenvalue weighted by Gasteiger charge is -2.43. The number of ether oxygens (including phenoxy) is 1. The van der Waals surface area contributed by atoms with Crippen LogP contribution in [-0.2, 0) is 20.7 Å². The summed E-state index contributed by atoms with van der Waals surface area (Å²) in [5.74, 6) is -0.794. The van der Waals surface area contributed by atoms with E-state index in [2.05, 4.69) is 10.6 Å². The zero-order valence-electron chi connectivity index (χ0n) is 17.7. The molecule has 4 amide bonds. The first-order chi connectivity index (χ1) is 14.1. The van der Waals surface area contributed by atoms with Gasteiger partial charge in [0, 0.05) is 6.42 Å². The van der Waals surface area contributed by atoms with Gasteiger partial charge in [-0.15, -0.1) is 0 Å². The Balaban J connectivity index is 1.79. The van der Waals surface area contributed by atoms with Crippen molar-refractivity contribution in [3.63, 3.8) is 0 Å². The predicted molar refractivity (Wildman–Crippen MR) is 108 cm³/mol. The Hall–Kier alpha value is -2.65. The molecular weight excluding hydrogens is 390 g/mol. The lowest BCUT2D eigenvalue weighted by molar-refractivity contribution is -0.138. The number of hydrogen-bond acceptors (Lipinski definition) is 6. The SMILES string of the molecule is CCC1(NC(=O)Cc2c(C)cc(O)cc2C)CN([C@H]2C[C@H](O)[C@@H](C)O2)C(=O)NC1=O. The zero-order chi connectivity index (χ0) is 22.2. The van der Waals surface area contributed by atoms with Gasteiger partial charge in [0.1, 0.15) is 17.5 Å². The van der Waals surface area contributed by atoms with Crippen molar-refractivity contribution in [1.29, 1.82) is 0 Å². The number of aromatic hydroxyl groups is 1. The van der Waals surface area contributed by atoms with Gasteiger partial charge in [0.15, 0.2) is 0 Å². The molecule has 1 unspecified atom stereocenters. The Morgan fingerprint density at radius 2 is 1.97 bits per heavy atom. The van der Waals surface area contributed by atoms with Gasteiger partial charge in [-0.25, -0.2) is 4.79 Å². The summed E-state index contributed by atoms with van der Waals surface area (Å²) in [6, 6.07) is 2.57. The van der Waals surface area contributed by atoms with Gasteiger partial charge in [-0.3, -0.25) is 19.8 Å². The molecule has 9 heteroatoms. The number of carbonyl (C=O) groups excluding carboxylic acids is 3. The first kappa shape index (κ1) is 22.0. The molecule has 0 spiro atoms. The van der Waals surface area contributed by atoms with Gasteiger partial charge < -0.3 is 20.3 Å². The molecule has 4 N–H and O–H groups in total. The molecule has 0 aliphatic carbocycles. The molecule has 0 aromatic heterocycles. The highest BCUT2D eigenvalue weighted by atomic mass is 16.5. The number of hydrogen-bond donors (Lipinski definition) is 4. The molecular formula is C21H29N3O6. The van der Waals surface area contributed by atoms with Crippen LogP contribution in [0.4, 0.5) is 4.79 Å². The van der Waals surface area contributed by atoms with Gasteiger partial charge in [0.25, 0.3) is 5.91 Å². The van der Waals surface area contributed by atoms with E-state index in [1.165, 1.54) is 4.90 Å². The molecule has 2 fully saturated rings. The number of benzene rings is 1. The van der Waals surface area contributed by atoms with Crippen LogP contribution < -0.4 is 10.6 Å². The van der Waals surface area contributed by atoms with Crippen molar-refractivity contribution in [3.05, 3.63) is 28.8 Å². The van der Waals surface area contributed by atoms with Crippen LogP contribution in [0.2, 0.25) is 0 Å². The number of rotatable bonds is 5. The van der Waals surface area contributed by atoms with Crippen molar-refractivity contribution in [2.75, 3.05) is 6.54 Å². The summed E-state index contributed by atoms with van der Waals surface area (Å²) in [5.41, 5.74) is 1.03. The number of phenols is 1. The fraction of sp³-hybridized carbons (Fsp3) is 0.571. The number of phenolic OH excluding ortho intramolecular Hbond substituents is 1. The standard InChI is InChI=1S/C21H29N3O6/c1-5-21(23-17(27)8-15-11(2)6-14(25)7-12(15)3)10-24(20(29)22-19(21)28)18-9-16(26)13(4)30-18/h6-7,13,16,18,25-26H,5,8-10H2,1-4H3,(H,23,27)(H,22,28,29)/t13-,16+,18-,21?/m1/s1. The van der Waals surface area contributed by atoms with Crippen molar-refractivity contribution < 1.29 is 29.3 Å². The van der Waals surface area contributed by atoms with Gasteiger partial charge >= 0.3 is 6.03 Å². The summed E-state index contributed by atoms with van der Waals surface area (Å²) in [6.45, 7) is 7.05. The van der Waals surface area contributed by atoms with E-state index in [0.717, 1.165) is 16.7 Å². The second kappa shape index (κ2) is 8.23. The van der Waals surface area contributed by atoms with E-state index in [1.807, 2.05) is 13.8 Å². The fourth-order valence-electron chi connectivity index (χ4n) is 4.13. The lowest BCUT2D eigenvalue weighted by atomic mass is 9.91. The van der Waals surface area contributed by atoms with Crippen LogP contribution in [0.1, 0.15) is 43.4 Å². The van der Waals surface area contributed by atoms with Gasteiger partial charge in [-0.05, 0) is 56.0 Å². The lowest BCUT2D eigenvalue weighted by Crippen LogP contribution is -2.72. The monoisotopic (exact) mass is 419 g/mol. The Morgan fingerprint density at radius 1 is 1.33 bits per heavy atom. The molecule has 0 bridgehead atoms. The van der Waals surface area contributed by atoms with Crippen LogP contribution in [0.25, 0.3) is 0 Å². The molecule has 0 saturated carbocycles. The van der Waals surface area contributed by atoms with Crippen LogP contribution in [0.5, 0.6) is 5.75 Å². The third-order valence-corrected chi connectivity index (χ3v) is 6.06. The third-order valence-electron chi connectivity index (χ3n) is 6.06. The van der Waals surface area contributed by atoms with Gasteiger partial charge in [-0.1, -0.05) is 6.92 Å². The molecule has 2 aliphatic heterocycles. The Bertz CT molecular complexity index is 839. The summed E-state index contributed by atoms with van der Waals surface area (Å²) >= 11 is 0. The molecule has 9 nitrogen and oxygen atoms in total. The van der Waals surface area contributed by atoms with Gasteiger partial charge in [0.2, 0.25) is 5.91 Å². The van der Waals surface area contributed by atoms with E-state index < -0.39 is 35.9 Å². The topological polar surface area (TPSA) is 128 Å². The Kier molecular flexibility index (Phi) is 6.05. The van der Waals surface area contributed by atoms with Crippen LogP contribution in [0, 0.1) is 13.8 Å². The minimum Gasteiger partial charge on any atom is -0.508 e. The van der Waals surface area contributed by atoms with Gasteiger partial charge in [-0.2, -0.15) is 0 Å². The number of aliphatic hydroxyl groups excluding tert-OH is 1. The molecule has 0 radical (unpaired) electrons. The number of aliphatic hydroxyl groups is 1. The first-order valence-electron chi connectivity index (χ1n) is 10.1. The maximum Gasteiger partial charge on any atom is 0.326 e. The molecule has 1 aromatic carbocycles. The second-order valence-corrected chi connectivity index (χ2v) is 8.20. The quantitative estimate of drug-likeness (QED) is 0.561. The molecule has 2 saturated heterocycles. The molecule has 1 aromatic rings. The van der Waals surface area contributed by atoms with Gasteiger partial charge in [0.05, 0.1) is 25.2 Å². The zero-order valence-corrected chi connectivity index (χ0v) is 17.7. The second-order valence-electron chi connectivity index (χ2n) is 8.20.